The number of rotatable bonds is 7. The first-order valence-corrected chi connectivity index (χ1v) is 9.41. The molecule has 0 spiro atoms. The fraction of sp³-hybridized carbons (Fsp3) is 0.273. The highest BCUT2D eigenvalue weighted by Crippen LogP contribution is 2.21. The van der Waals surface area contributed by atoms with E-state index in [2.05, 4.69) is 12.2 Å². The molecule has 0 saturated carbocycles. The molecule has 146 valence electrons. The van der Waals surface area contributed by atoms with E-state index in [4.69, 9.17) is 4.74 Å². The molecule has 0 bridgehead atoms. The molecule has 0 fully saturated rings. The third-order valence-corrected chi connectivity index (χ3v) is 4.68. The van der Waals surface area contributed by atoms with Gasteiger partial charge in [-0.3, -0.25) is 14.3 Å². The van der Waals surface area contributed by atoms with Crippen molar-refractivity contribution < 1.29 is 9.53 Å². The Kier molecular flexibility index (Phi) is 5.99. The molecule has 1 heterocycles. The Morgan fingerprint density at radius 2 is 1.75 bits per heavy atom. The van der Waals surface area contributed by atoms with Crippen LogP contribution in [0.4, 0.5) is 5.69 Å². The van der Waals surface area contributed by atoms with Crippen molar-refractivity contribution in [1.29, 1.82) is 0 Å². The van der Waals surface area contributed by atoms with Crippen LogP contribution in [0, 0.1) is 6.92 Å². The monoisotopic (exact) mass is 379 g/mol. The topological polar surface area (TPSA) is 65.3 Å². The lowest BCUT2D eigenvalue weighted by Gasteiger charge is -2.11. The summed E-state index contributed by atoms with van der Waals surface area (Å²) in [6.07, 6.45) is 1.92. The molecular formula is C22H25N3O3. The number of hydrogen-bond acceptors (Lipinski definition) is 3. The van der Waals surface area contributed by atoms with Gasteiger partial charge in [0.2, 0.25) is 0 Å². The Balaban J connectivity index is 1.91. The molecule has 0 saturated heterocycles. The number of aromatic nitrogens is 2. The van der Waals surface area contributed by atoms with Gasteiger partial charge < -0.3 is 10.1 Å². The normalized spacial score (nSPS) is 10.7. The van der Waals surface area contributed by atoms with Crippen molar-refractivity contribution in [3.8, 4) is 11.4 Å². The summed E-state index contributed by atoms with van der Waals surface area (Å²) in [5.74, 6) is 0.156. The van der Waals surface area contributed by atoms with Crippen LogP contribution in [-0.2, 0) is 7.05 Å². The van der Waals surface area contributed by atoms with Crippen molar-refractivity contribution in [3.05, 3.63) is 76.2 Å². The number of carbonyl (C=O) groups is 1. The van der Waals surface area contributed by atoms with E-state index >= 15 is 0 Å². The van der Waals surface area contributed by atoms with Crippen LogP contribution >= 0.6 is 0 Å². The SMILES string of the molecule is CCCCOc1ccccc1C(=O)Nc1c(C)n(C)n(-c2ccccc2)c1=O. The average Bonchev–Trinajstić information content (AvgIpc) is 2.92. The second-order valence-electron chi connectivity index (χ2n) is 6.59. The predicted molar refractivity (Wildman–Crippen MR) is 111 cm³/mol. The molecule has 28 heavy (non-hydrogen) atoms. The second kappa shape index (κ2) is 8.61. The van der Waals surface area contributed by atoms with Crippen LogP contribution < -0.4 is 15.6 Å². The second-order valence-corrected chi connectivity index (χ2v) is 6.59. The number of carbonyl (C=O) groups excluding carboxylic acids is 1. The van der Waals surface area contributed by atoms with Gasteiger partial charge in [0, 0.05) is 7.05 Å². The Labute approximate surface area is 164 Å². The van der Waals surface area contributed by atoms with E-state index in [1.807, 2.05) is 36.4 Å². The van der Waals surface area contributed by atoms with E-state index in [1.54, 1.807) is 36.9 Å². The number of anilines is 1. The number of amides is 1. The first-order valence-electron chi connectivity index (χ1n) is 9.41. The van der Waals surface area contributed by atoms with Crippen LogP contribution in [0.3, 0.4) is 0 Å². The molecular weight excluding hydrogens is 354 g/mol. The maximum Gasteiger partial charge on any atom is 0.295 e. The smallest absolute Gasteiger partial charge is 0.295 e. The molecule has 1 aromatic heterocycles. The van der Waals surface area contributed by atoms with Crippen LogP contribution in [0.1, 0.15) is 35.8 Å². The summed E-state index contributed by atoms with van der Waals surface area (Å²) in [4.78, 5) is 25.9. The van der Waals surface area contributed by atoms with E-state index in [1.165, 1.54) is 4.68 Å². The van der Waals surface area contributed by atoms with Gasteiger partial charge in [0.1, 0.15) is 11.4 Å². The van der Waals surface area contributed by atoms with Gasteiger partial charge in [0.05, 0.1) is 23.6 Å². The molecule has 0 aliphatic heterocycles. The Morgan fingerprint density at radius 1 is 1.07 bits per heavy atom. The average molecular weight is 379 g/mol. The highest BCUT2D eigenvalue weighted by molar-refractivity contribution is 6.06. The molecule has 0 atom stereocenters. The molecule has 2 aromatic carbocycles. The summed E-state index contributed by atoms with van der Waals surface area (Å²) in [7, 11) is 1.79. The van der Waals surface area contributed by atoms with E-state index in [9.17, 15) is 9.59 Å². The molecule has 0 radical (unpaired) electrons. The first-order chi connectivity index (χ1) is 13.5. The number of unbranched alkanes of at least 4 members (excludes halogenated alkanes) is 1. The number of ether oxygens (including phenoxy) is 1. The van der Waals surface area contributed by atoms with Crippen molar-refractivity contribution in [2.24, 2.45) is 7.05 Å². The summed E-state index contributed by atoms with van der Waals surface area (Å²) in [6.45, 7) is 4.43. The fourth-order valence-electron chi connectivity index (χ4n) is 3.00. The molecule has 6 heteroatoms. The predicted octanol–water partition coefficient (Wildman–Crippen LogP) is 3.92. The standard InChI is InChI=1S/C22H25N3O3/c1-4-5-15-28-19-14-10-9-13-18(19)21(26)23-20-16(2)24(3)25(22(20)27)17-11-7-6-8-12-17/h6-14H,4-5,15H2,1-3H3,(H,23,26). The molecule has 1 N–H and O–H groups in total. The van der Waals surface area contributed by atoms with Gasteiger partial charge in [-0.15, -0.1) is 0 Å². The lowest BCUT2D eigenvalue weighted by Crippen LogP contribution is -2.23. The summed E-state index contributed by atoms with van der Waals surface area (Å²) in [5, 5.41) is 2.78. The number of nitrogens with zero attached hydrogens (tertiary/aromatic N) is 2. The summed E-state index contributed by atoms with van der Waals surface area (Å²) >= 11 is 0. The van der Waals surface area contributed by atoms with Gasteiger partial charge in [-0.25, -0.2) is 4.68 Å². The van der Waals surface area contributed by atoms with E-state index < -0.39 is 0 Å². The van der Waals surface area contributed by atoms with Gasteiger partial charge in [-0.2, -0.15) is 0 Å². The molecule has 3 aromatic rings. The Hall–Kier alpha value is -3.28. The molecule has 0 aliphatic carbocycles. The van der Waals surface area contributed by atoms with Crippen molar-refractivity contribution >= 4 is 11.6 Å². The third-order valence-electron chi connectivity index (χ3n) is 4.68. The minimum atomic E-state index is -0.363. The van der Waals surface area contributed by atoms with Crippen LogP contribution in [0.25, 0.3) is 5.69 Å². The first kappa shape index (κ1) is 19.5. The van der Waals surface area contributed by atoms with Gasteiger partial charge in [-0.1, -0.05) is 43.7 Å². The fourth-order valence-corrected chi connectivity index (χ4v) is 3.00. The van der Waals surface area contributed by atoms with Crippen molar-refractivity contribution in [1.82, 2.24) is 9.36 Å². The Bertz CT molecular complexity index is 1020. The van der Waals surface area contributed by atoms with Crippen LogP contribution in [0.5, 0.6) is 5.75 Å². The highest BCUT2D eigenvalue weighted by Gasteiger charge is 2.20. The molecule has 1 amide bonds. The zero-order valence-corrected chi connectivity index (χ0v) is 16.4. The van der Waals surface area contributed by atoms with Crippen molar-refractivity contribution in [2.75, 3.05) is 11.9 Å². The van der Waals surface area contributed by atoms with Crippen LogP contribution in [0.15, 0.2) is 59.4 Å². The highest BCUT2D eigenvalue weighted by atomic mass is 16.5. The lowest BCUT2D eigenvalue weighted by atomic mass is 10.2. The van der Waals surface area contributed by atoms with Crippen LogP contribution in [-0.4, -0.2) is 21.9 Å². The van der Waals surface area contributed by atoms with E-state index in [0.717, 1.165) is 18.5 Å². The number of para-hydroxylation sites is 2. The van der Waals surface area contributed by atoms with E-state index in [-0.39, 0.29) is 17.2 Å². The maximum absolute atomic E-state index is 13.0. The van der Waals surface area contributed by atoms with Gasteiger partial charge >= 0.3 is 0 Å². The van der Waals surface area contributed by atoms with Crippen molar-refractivity contribution in [3.63, 3.8) is 0 Å². The number of benzene rings is 2. The Morgan fingerprint density at radius 3 is 2.46 bits per heavy atom. The zero-order valence-electron chi connectivity index (χ0n) is 16.4. The largest absolute Gasteiger partial charge is 0.493 e. The maximum atomic E-state index is 13.0. The molecule has 3 rings (SSSR count). The van der Waals surface area contributed by atoms with Crippen molar-refractivity contribution in [2.45, 2.75) is 26.7 Å². The molecule has 0 aliphatic rings. The van der Waals surface area contributed by atoms with Gasteiger partial charge in [0.25, 0.3) is 11.5 Å². The minimum Gasteiger partial charge on any atom is -0.493 e. The van der Waals surface area contributed by atoms with Gasteiger partial charge in [0.15, 0.2) is 0 Å². The molecule has 6 nitrogen and oxygen atoms in total. The number of nitrogens with one attached hydrogen (secondary N) is 1. The van der Waals surface area contributed by atoms with E-state index in [0.29, 0.717) is 23.6 Å². The van der Waals surface area contributed by atoms with Gasteiger partial charge in [-0.05, 0) is 37.6 Å². The molecule has 0 unspecified atom stereocenters. The zero-order chi connectivity index (χ0) is 20.1. The quantitative estimate of drug-likeness (QED) is 0.633. The minimum absolute atomic E-state index is 0.264. The third kappa shape index (κ3) is 3.86. The summed E-state index contributed by atoms with van der Waals surface area (Å²) < 4.78 is 9.02. The van der Waals surface area contributed by atoms with Crippen LogP contribution in [0.2, 0.25) is 0 Å². The summed E-state index contributed by atoms with van der Waals surface area (Å²) in [5.41, 5.74) is 1.81. The lowest BCUT2D eigenvalue weighted by molar-refractivity contribution is 0.102. The number of hydrogen-bond donors (Lipinski definition) is 1. The summed E-state index contributed by atoms with van der Waals surface area (Å²) in [6, 6.07) is 16.4.